The van der Waals surface area contributed by atoms with Crippen molar-refractivity contribution in [2.24, 2.45) is 98.6 Å². The standard InChI is InChI=1S/C74H112O6/c1-49(2)15-11-17-51(5)63-33-35-65-61-31-25-55-47-59(37-41-71(55,7)67(61)39-43-73(63,65)9)79-69(75)19-13-45-77-57-27-21-53(22-28-57)54-23-29-58(30-24-54)78-46-14-20-70(76)80-60-38-42-72(8)56(48-60)26-32-62-66-36-34-64(52(6)18-12-16-50(3)4)74(66,10)44-40-68(62)72/h21-25,27-30,49-52,56,59-68H,11-20,26,31-48H2,1-10H3/t51-,52-,56?,59+,60+,61+,62+,63-,64-,65+,66+,67+,68+,71+,72+,73-,74-/m1/s1. The van der Waals surface area contributed by atoms with Gasteiger partial charge in [-0.3, -0.25) is 9.59 Å². The van der Waals surface area contributed by atoms with E-state index in [0.717, 1.165) is 126 Å². The van der Waals surface area contributed by atoms with Crippen molar-refractivity contribution in [2.75, 3.05) is 13.2 Å². The number of esters is 2. The summed E-state index contributed by atoms with van der Waals surface area (Å²) < 4.78 is 24.6. The normalized spacial score (nSPS) is 37.0. The number of hydrogen-bond acceptors (Lipinski definition) is 6. The van der Waals surface area contributed by atoms with Crippen LogP contribution < -0.4 is 9.47 Å². The van der Waals surface area contributed by atoms with E-state index in [1.165, 1.54) is 116 Å². The summed E-state index contributed by atoms with van der Waals surface area (Å²) in [6, 6.07) is 16.4. The predicted octanol–water partition coefficient (Wildman–Crippen LogP) is 19.7. The molecule has 6 heteroatoms. The summed E-state index contributed by atoms with van der Waals surface area (Å²) in [5, 5.41) is 0. The van der Waals surface area contributed by atoms with E-state index in [2.05, 4.69) is 99.6 Å². The third-order valence-corrected chi connectivity index (χ3v) is 25.3. The van der Waals surface area contributed by atoms with Crippen LogP contribution in [0.4, 0.5) is 0 Å². The summed E-state index contributed by atoms with van der Waals surface area (Å²) >= 11 is 0. The van der Waals surface area contributed by atoms with Crippen LogP contribution in [0.1, 0.15) is 243 Å². The molecule has 2 aromatic carbocycles. The molecule has 80 heavy (non-hydrogen) atoms. The minimum Gasteiger partial charge on any atom is -0.494 e. The lowest BCUT2D eigenvalue weighted by molar-refractivity contribution is -0.163. The van der Waals surface area contributed by atoms with Crippen molar-refractivity contribution in [3.63, 3.8) is 0 Å². The molecule has 0 bridgehead atoms. The second kappa shape index (κ2) is 25.5. The molecular weight excluding hydrogens is 985 g/mol. The molecule has 6 nitrogen and oxygen atoms in total. The molecule has 0 aliphatic heterocycles. The highest BCUT2D eigenvalue weighted by atomic mass is 16.5. The molecule has 17 atom stereocenters. The van der Waals surface area contributed by atoms with Crippen molar-refractivity contribution < 1.29 is 28.5 Å². The minimum atomic E-state index is -0.0889. The molecule has 444 valence electrons. The maximum absolute atomic E-state index is 13.2. The average Bonchev–Trinajstić information content (AvgIpc) is 4.13. The van der Waals surface area contributed by atoms with Crippen LogP contribution >= 0.6 is 0 Å². The average molecular weight is 1100 g/mol. The fraction of sp³-hybridized carbons (Fsp3) is 0.784. The van der Waals surface area contributed by atoms with Crippen molar-refractivity contribution in [1.29, 1.82) is 0 Å². The molecule has 7 saturated carbocycles. The number of rotatable bonds is 23. The molecule has 1 unspecified atom stereocenters. The van der Waals surface area contributed by atoms with Gasteiger partial charge < -0.3 is 18.9 Å². The lowest BCUT2D eigenvalue weighted by atomic mass is 9.44. The zero-order valence-corrected chi connectivity index (χ0v) is 52.3. The highest BCUT2D eigenvalue weighted by Crippen LogP contribution is 2.70. The number of benzene rings is 2. The Morgan fingerprint density at radius 2 is 0.988 bits per heavy atom. The maximum Gasteiger partial charge on any atom is 0.306 e. The minimum absolute atomic E-state index is 0.000524. The van der Waals surface area contributed by atoms with Crippen molar-refractivity contribution in [3.8, 4) is 22.6 Å². The maximum atomic E-state index is 13.2. The van der Waals surface area contributed by atoms with Crippen LogP contribution in [0.5, 0.6) is 11.5 Å². The first-order valence-corrected chi connectivity index (χ1v) is 33.9. The molecule has 0 saturated heterocycles. The second-order valence-corrected chi connectivity index (χ2v) is 30.7. The van der Waals surface area contributed by atoms with Gasteiger partial charge in [0.25, 0.3) is 0 Å². The molecule has 0 radical (unpaired) electrons. The molecule has 2 aromatic rings. The van der Waals surface area contributed by atoms with Crippen molar-refractivity contribution >= 4 is 11.9 Å². The fourth-order valence-electron chi connectivity index (χ4n) is 20.9. The number of ether oxygens (including phenoxy) is 4. The highest BCUT2D eigenvalue weighted by molar-refractivity contribution is 5.70. The van der Waals surface area contributed by atoms with Gasteiger partial charge >= 0.3 is 11.9 Å². The molecule has 8 aliphatic rings. The van der Waals surface area contributed by atoms with E-state index in [1.54, 1.807) is 5.57 Å². The monoisotopic (exact) mass is 1100 g/mol. The van der Waals surface area contributed by atoms with Crippen LogP contribution in [0.25, 0.3) is 11.1 Å². The molecule has 0 aromatic heterocycles. The third-order valence-electron chi connectivity index (χ3n) is 25.3. The van der Waals surface area contributed by atoms with E-state index < -0.39 is 0 Å². The number of carbonyl (C=O) groups is 2. The van der Waals surface area contributed by atoms with Crippen molar-refractivity contribution in [3.05, 3.63) is 60.2 Å². The third kappa shape index (κ3) is 12.7. The first kappa shape index (κ1) is 59.9. The van der Waals surface area contributed by atoms with Crippen molar-refractivity contribution in [2.45, 2.75) is 255 Å². The number of hydrogen-bond donors (Lipinski definition) is 0. The summed E-state index contributed by atoms with van der Waals surface area (Å²) in [6.45, 7) is 26.2. The molecule has 0 N–H and O–H groups in total. The van der Waals surface area contributed by atoms with Gasteiger partial charge in [0.2, 0.25) is 0 Å². The number of allylic oxidation sites excluding steroid dienone is 1. The fourth-order valence-corrected chi connectivity index (χ4v) is 20.9. The SMILES string of the molecule is CC(C)CCC[C@@H](C)[C@H]1CC[C@H]2[C@@H]3CC=C4C[C@@H](OC(=O)CCCOc5ccc(-c6ccc(OCCCC(=O)O[C@H]7CC[C@@]8(C)C(CC[C@H]9[C@@H]%10CC[C@H]([C@H](C)CCCC(C)C)[C@@]%10(C)CC[C@@H]98)C7)cc6)cc5)CC[C@]4(C)[C@H]3CC[C@]12C. The highest BCUT2D eigenvalue weighted by Gasteiger charge is 2.62. The Balaban J connectivity index is 0.592. The topological polar surface area (TPSA) is 71.1 Å². The molecule has 10 rings (SSSR count). The van der Waals surface area contributed by atoms with Crippen LogP contribution in [0.15, 0.2) is 60.2 Å². The molecule has 7 fully saturated rings. The summed E-state index contributed by atoms with van der Waals surface area (Å²) in [4.78, 5) is 26.3. The molecule has 0 heterocycles. The van der Waals surface area contributed by atoms with Gasteiger partial charge in [-0.1, -0.05) is 144 Å². The van der Waals surface area contributed by atoms with Gasteiger partial charge in [-0.15, -0.1) is 0 Å². The summed E-state index contributed by atoms with van der Waals surface area (Å²) in [7, 11) is 0. The van der Waals surface area contributed by atoms with Gasteiger partial charge in [0.05, 0.1) is 13.2 Å². The van der Waals surface area contributed by atoms with Crippen LogP contribution in [-0.4, -0.2) is 37.4 Å². The quantitative estimate of drug-likeness (QED) is 0.0627. The van der Waals surface area contributed by atoms with Gasteiger partial charge in [0.15, 0.2) is 0 Å². The molecule has 8 aliphatic carbocycles. The van der Waals surface area contributed by atoms with Crippen molar-refractivity contribution in [1.82, 2.24) is 0 Å². The Labute approximate surface area is 487 Å². The molecule has 0 amide bonds. The van der Waals surface area contributed by atoms with E-state index in [-0.39, 0.29) is 29.6 Å². The Hall–Kier alpha value is -3.28. The summed E-state index contributed by atoms with van der Waals surface area (Å²) in [5.74, 6) is 12.4. The molecular formula is C74H112O6. The van der Waals surface area contributed by atoms with E-state index in [9.17, 15) is 9.59 Å². The van der Waals surface area contributed by atoms with E-state index >= 15 is 0 Å². The largest absolute Gasteiger partial charge is 0.494 e. The van der Waals surface area contributed by atoms with E-state index in [0.29, 0.717) is 61.1 Å². The zero-order valence-electron chi connectivity index (χ0n) is 52.3. The first-order valence-electron chi connectivity index (χ1n) is 33.9. The predicted molar refractivity (Wildman–Crippen MR) is 327 cm³/mol. The zero-order chi connectivity index (χ0) is 56.4. The van der Waals surface area contributed by atoms with Gasteiger partial charge in [0.1, 0.15) is 23.7 Å². The van der Waals surface area contributed by atoms with Crippen LogP contribution in [-0.2, 0) is 19.1 Å². The Morgan fingerprint density at radius 3 is 1.54 bits per heavy atom. The van der Waals surface area contributed by atoms with E-state index in [4.69, 9.17) is 18.9 Å². The Morgan fingerprint density at radius 1 is 0.500 bits per heavy atom. The number of carbonyl (C=O) groups excluding carboxylic acids is 2. The van der Waals surface area contributed by atoms with Crippen LogP contribution in [0.2, 0.25) is 0 Å². The summed E-state index contributed by atoms with van der Waals surface area (Å²) in [6.07, 6.45) is 34.8. The lowest BCUT2D eigenvalue weighted by Gasteiger charge is -2.61. The van der Waals surface area contributed by atoms with Crippen LogP contribution in [0.3, 0.4) is 0 Å². The van der Waals surface area contributed by atoms with Gasteiger partial charge in [-0.25, -0.2) is 0 Å². The number of fused-ring (bicyclic) bond motifs is 10. The first-order chi connectivity index (χ1) is 38.4. The molecule has 0 spiro atoms. The van der Waals surface area contributed by atoms with Crippen LogP contribution in [0, 0.1) is 98.6 Å². The van der Waals surface area contributed by atoms with Gasteiger partial charge in [0, 0.05) is 19.3 Å². The smallest absolute Gasteiger partial charge is 0.306 e. The van der Waals surface area contributed by atoms with E-state index in [1.807, 2.05) is 24.3 Å². The van der Waals surface area contributed by atoms with Gasteiger partial charge in [-0.2, -0.15) is 0 Å². The Bertz CT molecular complexity index is 2390. The Kier molecular flexibility index (Phi) is 19.1. The second-order valence-electron chi connectivity index (χ2n) is 30.7. The lowest BCUT2D eigenvalue weighted by Crippen LogP contribution is -2.54. The summed E-state index contributed by atoms with van der Waals surface area (Å²) in [5.41, 5.74) is 5.50. The van der Waals surface area contributed by atoms with Gasteiger partial charge in [-0.05, 0) is 250 Å².